The highest BCUT2D eigenvalue weighted by molar-refractivity contribution is 5.14. The number of hydrogen-bond acceptors (Lipinski definition) is 3. The van der Waals surface area contributed by atoms with Crippen molar-refractivity contribution < 1.29 is 0 Å². The molecule has 3 nitrogen and oxygen atoms in total. The monoisotopic (exact) mass is 193 g/mol. The lowest BCUT2D eigenvalue weighted by Crippen LogP contribution is -2.34. The lowest BCUT2D eigenvalue weighted by Gasteiger charge is -2.22. The number of nitrogens with zero attached hydrogens (tertiary/aromatic N) is 2. The van der Waals surface area contributed by atoms with E-state index in [0.29, 0.717) is 0 Å². The summed E-state index contributed by atoms with van der Waals surface area (Å²) in [5.41, 5.74) is 2.21. The van der Waals surface area contributed by atoms with E-state index < -0.39 is 0 Å². The molecule has 1 atom stereocenters. The van der Waals surface area contributed by atoms with Gasteiger partial charge in [0.2, 0.25) is 0 Å². The second kappa shape index (κ2) is 5.08. The maximum atomic E-state index is 5.89. The summed E-state index contributed by atoms with van der Waals surface area (Å²) in [4.78, 5) is 4.36. The van der Waals surface area contributed by atoms with Crippen molar-refractivity contribution in [3.63, 3.8) is 0 Å². The van der Waals surface area contributed by atoms with Crippen LogP contribution in [0, 0.1) is 6.92 Å². The molecular formula is C11H19N3. The van der Waals surface area contributed by atoms with Gasteiger partial charge in [0.25, 0.3) is 0 Å². The van der Waals surface area contributed by atoms with Gasteiger partial charge in [0.05, 0.1) is 11.7 Å². The van der Waals surface area contributed by atoms with Crippen LogP contribution in [-0.2, 0) is 0 Å². The van der Waals surface area contributed by atoms with Gasteiger partial charge >= 0.3 is 0 Å². The first-order chi connectivity index (χ1) is 6.65. The second-order valence-electron chi connectivity index (χ2n) is 3.67. The largest absolute Gasteiger partial charge is 0.268 e. The van der Waals surface area contributed by atoms with Crippen molar-refractivity contribution in [2.24, 2.45) is 5.84 Å². The highest BCUT2D eigenvalue weighted by atomic mass is 15.4. The first-order valence-corrected chi connectivity index (χ1v) is 5.09. The van der Waals surface area contributed by atoms with E-state index >= 15 is 0 Å². The molecule has 0 radical (unpaired) electrons. The average molecular weight is 193 g/mol. The predicted octanol–water partition coefficient (Wildman–Crippen LogP) is 2.04. The molecule has 0 aliphatic rings. The van der Waals surface area contributed by atoms with Gasteiger partial charge in [-0.2, -0.15) is 0 Å². The molecule has 78 valence electrons. The number of aromatic nitrogens is 1. The summed E-state index contributed by atoms with van der Waals surface area (Å²) in [5.74, 6) is 5.89. The Labute approximate surface area is 85.9 Å². The van der Waals surface area contributed by atoms with E-state index in [4.69, 9.17) is 5.84 Å². The molecule has 1 aromatic rings. The SMILES string of the molecule is CCCN(N)C(C)c1ccc(C)cn1. The minimum absolute atomic E-state index is 0.190. The molecule has 1 aromatic heterocycles. The molecule has 0 amide bonds. The molecule has 1 heterocycles. The fourth-order valence-corrected chi connectivity index (χ4v) is 1.35. The van der Waals surface area contributed by atoms with Crippen molar-refractivity contribution in [1.29, 1.82) is 0 Å². The summed E-state index contributed by atoms with van der Waals surface area (Å²) in [5, 5.41) is 1.83. The van der Waals surface area contributed by atoms with Crippen LogP contribution in [0.5, 0.6) is 0 Å². The summed E-state index contributed by atoms with van der Waals surface area (Å²) >= 11 is 0. The number of hydrazine groups is 1. The maximum Gasteiger partial charge on any atom is 0.0634 e. The van der Waals surface area contributed by atoms with E-state index in [9.17, 15) is 0 Å². The van der Waals surface area contributed by atoms with E-state index in [1.54, 1.807) is 0 Å². The lowest BCUT2D eigenvalue weighted by molar-refractivity contribution is 0.213. The third-order valence-corrected chi connectivity index (χ3v) is 2.34. The molecule has 0 aliphatic carbocycles. The molecule has 0 saturated heterocycles. The quantitative estimate of drug-likeness (QED) is 0.587. The summed E-state index contributed by atoms with van der Waals surface area (Å²) in [6, 6.07) is 4.30. The molecule has 0 fully saturated rings. The van der Waals surface area contributed by atoms with Gasteiger partial charge in [0, 0.05) is 12.7 Å². The molecule has 1 rings (SSSR count). The summed E-state index contributed by atoms with van der Waals surface area (Å²) in [6.45, 7) is 7.13. The standard InChI is InChI=1S/C11H19N3/c1-4-7-14(12)10(3)11-6-5-9(2)8-13-11/h5-6,8,10H,4,7,12H2,1-3H3. The van der Waals surface area contributed by atoms with Gasteiger partial charge < -0.3 is 0 Å². The maximum absolute atomic E-state index is 5.89. The average Bonchev–Trinajstić information content (AvgIpc) is 2.18. The fraction of sp³-hybridized carbons (Fsp3) is 0.545. The Morgan fingerprint density at radius 1 is 1.50 bits per heavy atom. The van der Waals surface area contributed by atoms with Crippen molar-refractivity contribution in [2.75, 3.05) is 6.54 Å². The molecule has 0 aromatic carbocycles. The Bertz CT molecular complexity index is 268. The van der Waals surface area contributed by atoms with Crippen LogP contribution in [0.1, 0.15) is 37.6 Å². The normalized spacial score (nSPS) is 13.2. The molecule has 2 N–H and O–H groups in total. The first-order valence-electron chi connectivity index (χ1n) is 5.09. The molecule has 1 unspecified atom stereocenters. The molecule has 14 heavy (non-hydrogen) atoms. The van der Waals surface area contributed by atoms with Gasteiger partial charge in [-0.15, -0.1) is 0 Å². The van der Waals surface area contributed by atoms with Crippen molar-refractivity contribution in [3.8, 4) is 0 Å². The zero-order valence-corrected chi connectivity index (χ0v) is 9.20. The number of pyridine rings is 1. The van der Waals surface area contributed by atoms with Crippen molar-refractivity contribution in [1.82, 2.24) is 9.99 Å². The minimum atomic E-state index is 0.190. The molecule has 0 spiro atoms. The summed E-state index contributed by atoms with van der Waals surface area (Å²) in [7, 11) is 0. The molecule has 3 heteroatoms. The number of nitrogens with two attached hydrogens (primary N) is 1. The third kappa shape index (κ3) is 2.79. The van der Waals surface area contributed by atoms with Gasteiger partial charge in [-0.1, -0.05) is 13.0 Å². The Morgan fingerprint density at radius 2 is 2.21 bits per heavy atom. The second-order valence-corrected chi connectivity index (χ2v) is 3.67. The van der Waals surface area contributed by atoms with Crippen LogP contribution in [0.15, 0.2) is 18.3 Å². The summed E-state index contributed by atoms with van der Waals surface area (Å²) < 4.78 is 0. The predicted molar refractivity (Wildman–Crippen MR) is 58.6 cm³/mol. The highest BCUT2D eigenvalue weighted by Crippen LogP contribution is 2.14. The van der Waals surface area contributed by atoms with Crippen LogP contribution in [0.4, 0.5) is 0 Å². The minimum Gasteiger partial charge on any atom is -0.268 e. The van der Waals surface area contributed by atoms with E-state index in [2.05, 4.69) is 24.9 Å². The first kappa shape index (κ1) is 11.1. The Morgan fingerprint density at radius 3 is 2.71 bits per heavy atom. The van der Waals surface area contributed by atoms with Crippen LogP contribution >= 0.6 is 0 Å². The topological polar surface area (TPSA) is 42.1 Å². The van der Waals surface area contributed by atoms with Crippen LogP contribution in [0.2, 0.25) is 0 Å². The molecular weight excluding hydrogens is 174 g/mol. The van der Waals surface area contributed by atoms with Gasteiger partial charge in [-0.25, -0.2) is 5.01 Å². The van der Waals surface area contributed by atoms with Gasteiger partial charge in [-0.05, 0) is 31.9 Å². The summed E-state index contributed by atoms with van der Waals surface area (Å²) in [6.07, 6.45) is 2.94. The molecule has 0 saturated carbocycles. The lowest BCUT2D eigenvalue weighted by atomic mass is 10.2. The van der Waals surface area contributed by atoms with Crippen LogP contribution in [0.3, 0.4) is 0 Å². The number of hydrogen-bond donors (Lipinski definition) is 1. The van der Waals surface area contributed by atoms with Gasteiger partial charge in [-0.3, -0.25) is 10.8 Å². The van der Waals surface area contributed by atoms with Crippen LogP contribution in [0.25, 0.3) is 0 Å². The zero-order valence-electron chi connectivity index (χ0n) is 9.20. The fourth-order valence-electron chi connectivity index (χ4n) is 1.35. The Balaban J connectivity index is 2.68. The van der Waals surface area contributed by atoms with Crippen molar-refractivity contribution in [2.45, 2.75) is 33.2 Å². The van der Waals surface area contributed by atoms with Gasteiger partial charge in [0.15, 0.2) is 0 Å². The van der Waals surface area contributed by atoms with Crippen molar-refractivity contribution >= 4 is 0 Å². The smallest absolute Gasteiger partial charge is 0.0634 e. The zero-order chi connectivity index (χ0) is 10.6. The molecule has 0 aliphatic heterocycles. The Hall–Kier alpha value is -0.930. The number of aryl methyl sites for hydroxylation is 1. The number of rotatable bonds is 4. The van der Waals surface area contributed by atoms with Crippen molar-refractivity contribution in [3.05, 3.63) is 29.6 Å². The van der Waals surface area contributed by atoms with E-state index in [1.165, 1.54) is 5.56 Å². The van der Waals surface area contributed by atoms with Crippen LogP contribution < -0.4 is 5.84 Å². The van der Waals surface area contributed by atoms with Crippen LogP contribution in [-0.4, -0.2) is 16.5 Å². The highest BCUT2D eigenvalue weighted by Gasteiger charge is 2.11. The third-order valence-electron chi connectivity index (χ3n) is 2.34. The van der Waals surface area contributed by atoms with Gasteiger partial charge in [0.1, 0.15) is 0 Å². The molecule has 0 bridgehead atoms. The van der Waals surface area contributed by atoms with E-state index in [-0.39, 0.29) is 6.04 Å². The van der Waals surface area contributed by atoms with E-state index in [1.807, 2.05) is 24.2 Å². The Kier molecular flexibility index (Phi) is 4.04. The van der Waals surface area contributed by atoms with E-state index in [0.717, 1.165) is 18.7 Å².